The topological polar surface area (TPSA) is 412 Å². The second kappa shape index (κ2) is 21.7. The average Bonchev–Trinajstić information content (AvgIpc) is 4.13. The van der Waals surface area contributed by atoms with Crippen molar-refractivity contribution in [2.45, 2.75) is 61.6 Å². The van der Waals surface area contributed by atoms with Crippen LogP contribution in [0, 0.1) is 0 Å². The molecule has 24 heteroatoms. The number of phenolic OH excluding ortho intramolecular Hbond substituents is 10. The minimum Gasteiger partial charge on any atom is -0.504 e. The molecule has 2 aliphatic heterocycles. The van der Waals surface area contributed by atoms with Crippen LogP contribution < -0.4 is 9.47 Å². The van der Waals surface area contributed by atoms with Gasteiger partial charge in [-0.3, -0.25) is 9.59 Å². The molecule has 7 atom stereocenters. The number of ether oxygens (including phenoxy) is 5. The number of aliphatic carboxylic acids is 3. The molecule has 0 bridgehead atoms. The number of hydrogen-bond donors (Lipinski definition) is 13. The quantitative estimate of drug-likeness (QED) is 0.0235. The standard InChI is InChI=1S/C54H44O24/c55-28-8-1-22(15-34(28)61)3-14-41(65)74-39(51(68)69)20-24-4-12-32(59)48-42(24)45(47(78-48)27-7-11-31(58)37(64)19-27)54(73)76-40(52(70)71)21-25-5-13-33(60)49-43(25)44(46(77-49)26-6-10-30(57)36(63)18-26)53(72)75-38(50(66)67)17-23-2-9-29(56)35(62)16-23/h1-16,18-19,38-40,44-47,55-64H,17,20-21H2,(H,66,67)(H,68,69)(H,70,71)/b14-3+. The Kier molecular flexibility index (Phi) is 15.0. The van der Waals surface area contributed by atoms with E-state index in [1.54, 1.807) is 0 Å². The zero-order valence-corrected chi connectivity index (χ0v) is 39.9. The number of phenols is 10. The van der Waals surface area contributed by atoms with Crippen LogP contribution in [0.1, 0.15) is 68.6 Å². The third-order valence-corrected chi connectivity index (χ3v) is 12.7. The van der Waals surface area contributed by atoms with Crippen LogP contribution in [0.5, 0.6) is 69.0 Å². The van der Waals surface area contributed by atoms with E-state index in [9.17, 15) is 95.2 Å². The van der Waals surface area contributed by atoms with Gasteiger partial charge in [-0.1, -0.05) is 36.4 Å². The highest BCUT2D eigenvalue weighted by Gasteiger charge is 2.49. The van der Waals surface area contributed by atoms with Crippen molar-refractivity contribution < 1.29 is 119 Å². The van der Waals surface area contributed by atoms with Gasteiger partial charge in [0.2, 0.25) is 18.3 Å². The fraction of sp³-hybridized carbons (Fsp3) is 0.185. The van der Waals surface area contributed by atoms with Crippen molar-refractivity contribution in [3.8, 4) is 69.0 Å². The second-order valence-corrected chi connectivity index (χ2v) is 17.8. The number of hydrogen-bond acceptors (Lipinski definition) is 21. The van der Waals surface area contributed by atoms with Crippen LogP contribution in [0.15, 0.2) is 103 Å². The number of rotatable bonds is 18. The van der Waals surface area contributed by atoms with Gasteiger partial charge < -0.3 is 90.1 Å². The van der Waals surface area contributed by atoms with E-state index in [2.05, 4.69) is 0 Å². The minimum atomic E-state index is -2.26. The summed E-state index contributed by atoms with van der Waals surface area (Å²) in [5, 5.41) is 134. The highest BCUT2D eigenvalue weighted by molar-refractivity contribution is 5.90. The van der Waals surface area contributed by atoms with Crippen LogP contribution in [0.25, 0.3) is 6.08 Å². The Morgan fingerprint density at radius 2 is 0.821 bits per heavy atom. The van der Waals surface area contributed by atoms with Gasteiger partial charge in [-0.15, -0.1) is 0 Å². The molecule has 0 aromatic heterocycles. The SMILES string of the molecule is O=C(/C=C/c1ccc(O)c(O)c1)OC(Cc1ccc(O)c2c1C(C(=O)OC(Cc1ccc(O)c3c1C(C(=O)OC(Cc1ccc(O)c(O)c1)C(=O)O)C(c1ccc(O)c(O)c1)O3)C(=O)O)C(c1ccc(O)c(O)c1)O2)C(=O)O. The second-order valence-electron chi connectivity index (χ2n) is 17.8. The van der Waals surface area contributed by atoms with Crippen LogP contribution in [0.2, 0.25) is 0 Å². The lowest BCUT2D eigenvalue weighted by Gasteiger charge is -2.24. The number of aromatic hydroxyl groups is 10. The van der Waals surface area contributed by atoms with Crippen molar-refractivity contribution in [1.82, 2.24) is 0 Å². The van der Waals surface area contributed by atoms with Gasteiger partial charge in [-0.25, -0.2) is 19.2 Å². The van der Waals surface area contributed by atoms with E-state index < -0.39 is 166 Å². The van der Waals surface area contributed by atoms with Gasteiger partial charge in [-0.05, 0) is 100 Å². The lowest BCUT2D eigenvalue weighted by Crippen LogP contribution is -2.34. The lowest BCUT2D eigenvalue weighted by molar-refractivity contribution is -0.166. The van der Waals surface area contributed by atoms with Crippen molar-refractivity contribution >= 4 is 41.9 Å². The first-order valence-electron chi connectivity index (χ1n) is 23.1. The molecule has 7 unspecified atom stereocenters. The van der Waals surface area contributed by atoms with E-state index in [-0.39, 0.29) is 44.5 Å². The summed E-state index contributed by atoms with van der Waals surface area (Å²) < 4.78 is 28.6. The molecule has 0 spiro atoms. The first kappa shape index (κ1) is 53.8. The molecule has 0 radical (unpaired) electrons. The maximum atomic E-state index is 14.8. The highest BCUT2D eigenvalue weighted by Crippen LogP contribution is 2.55. The Labute approximate surface area is 437 Å². The molecule has 2 aliphatic rings. The molecule has 0 amide bonds. The van der Waals surface area contributed by atoms with Gasteiger partial charge in [0.1, 0.15) is 24.0 Å². The number of carboxylic acids is 3. The van der Waals surface area contributed by atoms with E-state index in [1.807, 2.05) is 0 Å². The predicted molar refractivity (Wildman–Crippen MR) is 260 cm³/mol. The third kappa shape index (κ3) is 11.1. The zero-order chi connectivity index (χ0) is 56.4. The van der Waals surface area contributed by atoms with Gasteiger partial charge >= 0.3 is 35.8 Å². The summed E-state index contributed by atoms with van der Waals surface area (Å²) >= 11 is 0. The highest BCUT2D eigenvalue weighted by atomic mass is 16.6. The van der Waals surface area contributed by atoms with Crippen molar-refractivity contribution in [1.29, 1.82) is 0 Å². The van der Waals surface area contributed by atoms with Gasteiger partial charge in [0.15, 0.2) is 69.0 Å². The third-order valence-electron chi connectivity index (χ3n) is 12.7. The van der Waals surface area contributed by atoms with Crippen LogP contribution in [-0.4, -0.2) is 121 Å². The largest absolute Gasteiger partial charge is 0.504 e. The molecule has 6 aromatic rings. The Morgan fingerprint density at radius 1 is 0.436 bits per heavy atom. The number of fused-ring (bicyclic) bond motifs is 2. The molecule has 2 heterocycles. The fourth-order valence-electron chi connectivity index (χ4n) is 8.94. The molecular formula is C54H44O24. The number of benzene rings is 6. The zero-order valence-electron chi connectivity index (χ0n) is 39.9. The van der Waals surface area contributed by atoms with E-state index in [0.29, 0.717) is 0 Å². The molecule has 13 N–H and O–H groups in total. The van der Waals surface area contributed by atoms with E-state index in [4.69, 9.17) is 23.7 Å². The maximum absolute atomic E-state index is 14.8. The molecule has 6 aromatic carbocycles. The number of carbonyl (C=O) groups is 6. The molecule has 0 aliphatic carbocycles. The Hall–Kier alpha value is -10.5. The molecule has 78 heavy (non-hydrogen) atoms. The number of carbonyl (C=O) groups excluding carboxylic acids is 3. The summed E-state index contributed by atoms with van der Waals surface area (Å²) in [6.07, 6.45) is -9.75. The molecule has 24 nitrogen and oxygen atoms in total. The first-order valence-corrected chi connectivity index (χ1v) is 23.1. The summed E-state index contributed by atoms with van der Waals surface area (Å²) in [4.78, 5) is 80.7. The van der Waals surface area contributed by atoms with Gasteiger partial charge in [0.05, 0.1) is 0 Å². The van der Waals surface area contributed by atoms with Gasteiger partial charge in [0.25, 0.3) is 0 Å². The average molecular weight is 1080 g/mol. The number of carboxylic acid groups (broad SMARTS) is 3. The van der Waals surface area contributed by atoms with Crippen molar-refractivity contribution in [2.75, 3.05) is 0 Å². The first-order chi connectivity index (χ1) is 37.0. The van der Waals surface area contributed by atoms with Crippen LogP contribution in [-0.2, 0) is 62.2 Å². The van der Waals surface area contributed by atoms with Crippen LogP contribution >= 0.6 is 0 Å². The van der Waals surface area contributed by atoms with Crippen molar-refractivity contribution in [3.05, 3.63) is 148 Å². The summed E-state index contributed by atoms with van der Waals surface area (Å²) in [6.45, 7) is 0. The summed E-state index contributed by atoms with van der Waals surface area (Å²) in [5.41, 5.74) is -0.754. The smallest absolute Gasteiger partial charge is 0.345 e. The normalized spacial score (nSPS) is 17.3. The predicted octanol–water partition coefficient (Wildman–Crippen LogP) is 4.91. The van der Waals surface area contributed by atoms with E-state index >= 15 is 0 Å². The van der Waals surface area contributed by atoms with Gasteiger partial charge in [-0.2, -0.15) is 0 Å². The lowest BCUT2D eigenvalue weighted by atomic mass is 9.85. The number of esters is 3. The molecule has 0 saturated heterocycles. The Bertz CT molecular complexity index is 3440. The van der Waals surface area contributed by atoms with Crippen LogP contribution in [0.4, 0.5) is 0 Å². The molecule has 8 rings (SSSR count). The minimum absolute atomic E-state index is 0.0535. The molecule has 404 valence electrons. The maximum Gasteiger partial charge on any atom is 0.345 e. The van der Waals surface area contributed by atoms with Crippen molar-refractivity contribution in [3.63, 3.8) is 0 Å². The molecular weight excluding hydrogens is 1030 g/mol. The van der Waals surface area contributed by atoms with Gasteiger partial charge in [0, 0.05) is 36.5 Å². The summed E-state index contributed by atoms with van der Waals surface area (Å²) in [7, 11) is 0. The fourth-order valence-corrected chi connectivity index (χ4v) is 8.94. The molecule has 0 fully saturated rings. The Morgan fingerprint density at radius 3 is 1.24 bits per heavy atom. The Balaban J connectivity index is 1.15. The summed E-state index contributed by atoms with van der Waals surface area (Å²) in [5.74, 6) is -19.8. The van der Waals surface area contributed by atoms with Crippen molar-refractivity contribution in [2.24, 2.45) is 0 Å². The molecule has 0 saturated carbocycles. The summed E-state index contributed by atoms with van der Waals surface area (Å²) in [6, 6.07) is 17.7. The van der Waals surface area contributed by atoms with Crippen LogP contribution in [0.3, 0.4) is 0 Å². The van der Waals surface area contributed by atoms with E-state index in [1.165, 1.54) is 24.3 Å². The monoisotopic (exact) mass is 1080 g/mol. The van der Waals surface area contributed by atoms with E-state index in [0.717, 1.165) is 84.9 Å².